The SMILES string of the molecule is C[N+]1(C)CCC(OC(=O)Nc2cc(CCC(=O)Nc3ccc(CNC[C@@H](O)n4c(=O)ccc5cccc(O)c54)cn3)ccc2-c2ccccc2)CC1. The number of phenols is 1. The van der Waals surface area contributed by atoms with Crippen LogP contribution in [0.15, 0.2) is 102 Å². The lowest BCUT2D eigenvalue weighted by Crippen LogP contribution is -2.48. The van der Waals surface area contributed by atoms with Gasteiger partial charge in [-0.15, -0.1) is 0 Å². The summed E-state index contributed by atoms with van der Waals surface area (Å²) in [4.78, 5) is 42.8. The Bertz CT molecular complexity index is 2070. The monoisotopic (exact) mass is 705 g/mol. The van der Waals surface area contributed by atoms with Gasteiger partial charge in [-0.1, -0.05) is 60.7 Å². The molecule has 5 aromatic rings. The summed E-state index contributed by atoms with van der Waals surface area (Å²) >= 11 is 0. The third-order valence-electron chi connectivity index (χ3n) is 9.41. The number of aliphatic hydroxyl groups excluding tert-OH is 1. The van der Waals surface area contributed by atoms with Crippen molar-refractivity contribution in [3.05, 3.63) is 119 Å². The maximum absolute atomic E-state index is 13.0. The summed E-state index contributed by atoms with van der Waals surface area (Å²) in [7, 11) is 4.37. The summed E-state index contributed by atoms with van der Waals surface area (Å²) in [5.74, 6) is 0.111. The number of aromatic hydroxyl groups is 1. The molecule has 270 valence electrons. The zero-order valence-electron chi connectivity index (χ0n) is 29.4. The number of ether oxygens (including phenoxy) is 1. The molecule has 0 radical (unpaired) electrons. The molecule has 3 aromatic carbocycles. The van der Waals surface area contributed by atoms with Crippen LogP contribution < -0.4 is 21.5 Å². The molecule has 6 rings (SSSR count). The topological polar surface area (TPSA) is 155 Å². The van der Waals surface area contributed by atoms with Crippen LogP contribution in [0.3, 0.4) is 0 Å². The molecule has 1 aliphatic rings. The minimum Gasteiger partial charge on any atom is -0.506 e. The summed E-state index contributed by atoms with van der Waals surface area (Å²) in [6.45, 7) is 2.31. The van der Waals surface area contributed by atoms with Crippen molar-refractivity contribution < 1.29 is 29.0 Å². The van der Waals surface area contributed by atoms with Gasteiger partial charge in [0, 0.05) is 55.6 Å². The summed E-state index contributed by atoms with van der Waals surface area (Å²) in [5, 5.41) is 30.6. The summed E-state index contributed by atoms with van der Waals surface area (Å²) < 4.78 is 7.88. The highest BCUT2D eigenvalue weighted by atomic mass is 16.6. The number of piperidine rings is 1. The molecular weight excluding hydrogens is 660 g/mol. The highest BCUT2D eigenvalue weighted by Crippen LogP contribution is 2.30. The molecule has 2 aromatic heterocycles. The number of pyridine rings is 2. The number of likely N-dealkylation sites (tertiary alicyclic amines) is 1. The second-order valence-corrected chi connectivity index (χ2v) is 13.8. The Morgan fingerprint density at radius 3 is 2.46 bits per heavy atom. The first-order chi connectivity index (χ1) is 25.0. The predicted molar refractivity (Wildman–Crippen MR) is 201 cm³/mol. The summed E-state index contributed by atoms with van der Waals surface area (Å²) in [6.07, 6.45) is 2.11. The van der Waals surface area contributed by atoms with Crippen molar-refractivity contribution in [2.75, 3.05) is 44.4 Å². The number of anilines is 2. The lowest BCUT2D eigenvalue weighted by Gasteiger charge is -2.36. The number of benzene rings is 3. The van der Waals surface area contributed by atoms with Gasteiger partial charge in [0.2, 0.25) is 5.91 Å². The standard InChI is InChI=1S/C40H44N6O6/c1-46(2)21-19-31(20-22-46)52-40(51)43-33-23-27(11-15-32(33)29-7-4-3-5-8-29)13-17-36(48)44-35-16-12-28(25-42-35)24-41-26-38(50)45-37(49)18-14-30-9-6-10-34(47)39(30)45/h3-12,14-16,18,23,25,31,38,41,50H,13,17,19-22,24,26H2,1-2H3,(H2-,42,43,44,47,48,51)/p+1/t38-/m1/s1. The van der Waals surface area contributed by atoms with E-state index in [0.717, 1.165) is 57.2 Å². The highest BCUT2D eigenvalue weighted by molar-refractivity contribution is 5.92. The Labute approximate surface area is 302 Å². The second-order valence-electron chi connectivity index (χ2n) is 13.8. The largest absolute Gasteiger partial charge is 0.506 e. The Hall–Kier alpha value is -5.56. The molecular formula is C40H45N6O6+. The van der Waals surface area contributed by atoms with Crippen molar-refractivity contribution in [3.63, 3.8) is 0 Å². The fourth-order valence-corrected chi connectivity index (χ4v) is 6.47. The van der Waals surface area contributed by atoms with Crippen molar-refractivity contribution in [1.29, 1.82) is 0 Å². The number of aliphatic hydroxyl groups is 1. The van der Waals surface area contributed by atoms with Gasteiger partial charge in [-0.2, -0.15) is 0 Å². The lowest BCUT2D eigenvalue weighted by atomic mass is 9.99. The van der Waals surface area contributed by atoms with Crippen molar-refractivity contribution in [1.82, 2.24) is 14.9 Å². The van der Waals surface area contributed by atoms with Crippen LogP contribution in [0.2, 0.25) is 0 Å². The van der Waals surface area contributed by atoms with E-state index in [0.29, 0.717) is 29.9 Å². The number of aromatic nitrogens is 2. The molecule has 0 spiro atoms. The summed E-state index contributed by atoms with van der Waals surface area (Å²) in [5.41, 5.74) is 3.99. The molecule has 3 heterocycles. The van der Waals surface area contributed by atoms with Gasteiger partial charge in [0.25, 0.3) is 5.56 Å². The zero-order chi connectivity index (χ0) is 36.7. The van der Waals surface area contributed by atoms with Gasteiger partial charge in [-0.3, -0.25) is 19.5 Å². The van der Waals surface area contributed by atoms with Gasteiger partial charge in [0.1, 0.15) is 23.9 Å². The number of nitrogens with zero attached hydrogens (tertiary/aromatic N) is 3. The first-order valence-electron chi connectivity index (χ1n) is 17.5. The molecule has 12 heteroatoms. The van der Waals surface area contributed by atoms with Crippen LogP contribution in [-0.2, 0) is 22.5 Å². The van der Waals surface area contributed by atoms with E-state index in [-0.39, 0.29) is 36.2 Å². The maximum atomic E-state index is 13.0. The molecule has 0 bridgehead atoms. The van der Waals surface area contributed by atoms with E-state index in [4.69, 9.17) is 4.74 Å². The number of carbonyl (C=O) groups excluding carboxylic acids is 2. The first-order valence-corrected chi connectivity index (χ1v) is 17.5. The Morgan fingerprint density at radius 1 is 0.942 bits per heavy atom. The Balaban J connectivity index is 1.01. The van der Waals surface area contributed by atoms with Gasteiger partial charge in [0.15, 0.2) is 0 Å². The number of aryl methyl sites for hydroxylation is 1. The van der Waals surface area contributed by atoms with E-state index >= 15 is 0 Å². The number of hydrogen-bond acceptors (Lipinski definition) is 8. The average Bonchev–Trinajstić information content (AvgIpc) is 3.13. The second kappa shape index (κ2) is 16.2. The molecule has 5 N–H and O–H groups in total. The first kappa shape index (κ1) is 36.2. The molecule has 1 aliphatic heterocycles. The van der Waals surface area contributed by atoms with Crippen molar-refractivity contribution >= 4 is 34.4 Å². The van der Waals surface area contributed by atoms with Gasteiger partial charge < -0.3 is 30.1 Å². The molecule has 0 saturated carbocycles. The predicted octanol–water partition coefficient (Wildman–Crippen LogP) is 5.41. The molecule has 1 fully saturated rings. The number of carbonyl (C=O) groups is 2. The fraction of sp³-hybridized carbons (Fsp3) is 0.300. The number of para-hydroxylation sites is 1. The lowest BCUT2D eigenvalue weighted by molar-refractivity contribution is -0.896. The Morgan fingerprint density at radius 2 is 1.71 bits per heavy atom. The van der Waals surface area contributed by atoms with Crippen molar-refractivity contribution in [2.45, 2.75) is 44.6 Å². The summed E-state index contributed by atoms with van der Waals surface area (Å²) in [6, 6.07) is 27.0. The molecule has 52 heavy (non-hydrogen) atoms. The third kappa shape index (κ3) is 9.21. The van der Waals surface area contributed by atoms with Gasteiger partial charge >= 0.3 is 6.09 Å². The third-order valence-corrected chi connectivity index (χ3v) is 9.41. The minimum absolute atomic E-state index is 0.0506. The van der Waals surface area contributed by atoms with Crippen LogP contribution in [0, 0.1) is 0 Å². The van der Waals surface area contributed by atoms with Crippen LogP contribution in [0.4, 0.5) is 16.3 Å². The maximum Gasteiger partial charge on any atom is 0.411 e. The molecule has 0 unspecified atom stereocenters. The molecule has 0 aliphatic carbocycles. The molecule has 12 nitrogen and oxygen atoms in total. The molecule has 2 amide bonds. The Kier molecular flexibility index (Phi) is 11.3. The quantitative estimate of drug-likeness (QED) is 0.108. The number of hydrogen-bond donors (Lipinski definition) is 5. The van der Waals surface area contributed by atoms with Crippen molar-refractivity contribution in [2.24, 2.45) is 0 Å². The van der Waals surface area contributed by atoms with Gasteiger partial charge in [-0.05, 0) is 47.4 Å². The highest BCUT2D eigenvalue weighted by Gasteiger charge is 2.28. The van der Waals surface area contributed by atoms with Crippen molar-refractivity contribution in [3.8, 4) is 16.9 Å². The van der Waals surface area contributed by atoms with E-state index in [1.54, 1.807) is 30.5 Å². The van der Waals surface area contributed by atoms with Crippen LogP contribution in [0.5, 0.6) is 5.75 Å². The van der Waals surface area contributed by atoms with E-state index in [1.807, 2.05) is 54.6 Å². The van der Waals surface area contributed by atoms with E-state index in [1.165, 1.54) is 12.1 Å². The molecule has 1 saturated heterocycles. The smallest absolute Gasteiger partial charge is 0.411 e. The number of phenolic OH excluding ortho intramolecular Hbond substituents is 1. The van der Waals surface area contributed by atoms with E-state index in [2.05, 4.69) is 35.0 Å². The van der Waals surface area contributed by atoms with Crippen LogP contribution in [0.1, 0.15) is 36.6 Å². The number of amides is 2. The normalized spacial score (nSPS) is 14.8. The van der Waals surface area contributed by atoms with Crippen LogP contribution >= 0.6 is 0 Å². The van der Waals surface area contributed by atoms with E-state index < -0.39 is 17.9 Å². The zero-order valence-corrected chi connectivity index (χ0v) is 29.4. The van der Waals surface area contributed by atoms with Crippen LogP contribution in [0.25, 0.3) is 22.0 Å². The molecule has 1 atom stereocenters. The number of quaternary nitrogens is 1. The average molecular weight is 706 g/mol. The van der Waals surface area contributed by atoms with Gasteiger partial charge in [-0.25, -0.2) is 9.78 Å². The van der Waals surface area contributed by atoms with Crippen LogP contribution in [-0.4, -0.2) is 76.1 Å². The number of rotatable bonds is 12. The van der Waals surface area contributed by atoms with E-state index in [9.17, 15) is 24.6 Å². The number of nitrogens with one attached hydrogen (secondary N) is 3. The minimum atomic E-state index is -1.21. The number of fused-ring (bicyclic) bond motifs is 1. The van der Waals surface area contributed by atoms with Gasteiger partial charge in [0.05, 0.1) is 38.4 Å². The fourth-order valence-electron chi connectivity index (χ4n) is 6.47.